The van der Waals surface area contributed by atoms with Gasteiger partial charge in [-0.05, 0) is 32.9 Å². The third-order valence-electron chi connectivity index (χ3n) is 1.86. The molecule has 1 aromatic carbocycles. The van der Waals surface area contributed by atoms with Crippen LogP contribution in [-0.2, 0) is 0 Å². The standard InChI is InChI=1S/C11H15NO/c1-9(2)12(13)8-11-6-4-10(3)5-7-11/h4-9H,1-3H3/b12-8-. The van der Waals surface area contributed by atoms with Crippen molar-refractivity contribution in [1.82, 2.24) is 0 Å². The molecule has 0 N–H and O–H groups in total. The van der Waals surface area contributed by atoms with Crippen LogP contribution in [0.4, 0.5) is 0 Å². The van der Waals surface area contributed by atoms with Crippen LogP contribution in [0.25, 0.3) is 0 Å². The summed E-state index contributed by atoms with van der Waals surface area (Å²) in [5.41, 5.74) is 2.16. The average molecular weight is 177 g/mol. The van der Waals surface area contributed by atoms with Crippen LogP contribution in [0.3, 0.4) is 0 Å². The predicted octanol–water partition coefficient (Wildman–Crippen LogP) is 2.33. The molecule has 2 heteroatoms. The SMILES string of the molecule is Cc1ccc(/C=[N+](\[O-])C(C)C)cc1. The van der Waals surface area contributed by atoms with E-state index < -0.39 is 0 Å². The van der Waals surface area contributed by atoms with Crippen molar-refractivity contribution in [1.29, 1.82) is 0 Å². The Morgan fingerprint density at radius 1 is 1.23 bits per heavy atom. The van der Waals surface area contributed by atoms with Crippen molar-refractivity contribution in [3.8, 4) is 0 Å². The summed E-state index contributed by atoms with van der Waals surface area (Å²) in [7, 11) is 0. The maximum absolute atomic E-state index is 11.3. The molecule has 70 valence electrons. The summed E-state index contributed by atoms with van der Waals surface area (Å²) in [5, 5.41) is 11.3. The Bertz CT molecular complexity index is 298. The van der Waals surface area contributed by atoms with E-state index in [0.29, 0.717) is 0 Å². The minimum Gasteiger partial charge on any atom is -0.624 e. The molecule has 0 bridgehead atoms. The number of rotatable bonds is 2. The summed E-state index contributed by atoms with van der Waals surface area (Å²) in [6.07, 6.45) is 1.62. The Morgan fingerprint density at radius 3 is 2.23 bits per heavy atom. The molecule has 0 atom stereocenters. The summed E-state index contributed by atoms with van der Waals surface area (Å²) >= 11 is 0. The van der Waals surface area contributed by atoms with E-state index in [9.17, 15) is 5.21 Å². The molecule has 0 heterocycles. The number of aryl methyl sites for hydroxylation is 1. The minimum absolute atomic E-state index is 0.00121. The molecule has 0 aliphatic carbocycles. The van der Waals surface area contributed by atoms with Crippen LogP contribution < -0.4 is 0 Å². The second-order valence-electron chi connectivity index (χ2n) is 3.49. The monoisotopic (exact) mass is 177 g/mol. The van der Waals surface area contributed by atoms with E-state index in [1.807, 2.05) is 45.0 Å². The van der Waals surface area contributed by atoms with Crippen molar-refractivity contribution in [2.45, 2.75) is 26.8 Å². The zero-order valence-corrected chi connectivity index (χ0v) is 8.32. The summed E-state index contributed by atoms with van der Waals surface area (Å²) < 4.78 is 0.963. The lowest BCUT2D eigenvalue weighted by atomic mass is 10.2. The van der Waals surface area contributed by atoms with Crippen molar-refractivity contribution in [2.75, 3.05) is 0 Å². The molecule has 0 amide bonds. The highest BCUT2D eigenvalue weighted by Gasteiger charge is 1.99. The van der Waals surface area contributed by atoms with Crippen molar-refractivity contribution >= 4 is 6.21 Å². The minimum atomic E-state index is 0.00121. The van der Waals surface area contributed by atoms with Gasteiger partial charge in [0.2, 0.25) is 0 Å². The molecular formula is C11H15NO. The van der Waals surface area contributed by atoms with E-state index in [-0.39, 0.29) is 6.04 Å². The number of benzene rings is 1. The van der Waals surface area contributed by atoms with Gasteiger partial charge in [-0.2, -0.15) is 0 Å². The Balaban J connectivity index is 2.85. The molecule has 1 aromatic rings. The molecule has 0 unspecified atom stereocenters. The first kappa shape index (κ1) is 9.78. The van der Waals surface area contributed by atoms with Crippen LogP contribution in [0.5, 0.6) is 0 Å². The van der Waals surface area contributed by atoms with Crippen LogP contribution >= 0.6 is 0 Å². The fraction of sp³-hybridized carbons (Fsp3) is 0.364. The van der Waals surface area contributed by atoms with Crippen LogP contribution in [0.2, 0.25) is 0 Å². The topological polar surface area (TPSA) is 26.1 Å². The number of nitrogens with zero attached hydrogens (tertiary/aromatic N) is 1. The van der Waals surface area contributed by atoms with Crippen molar-refractivity contribution < 1.29 is 4.74 Å². The molecule has 0 aliphatic rings. The third-order valence-corrected chi connectivity index (χ3v) is 1.86. The first-order valence-corrected chi connectivity index (χ1v) is 4.46. The summed E-state index contributed by atoms with van der Waals surface area (Å²) in [5.74, 6) is 0. The van der Waals surface area contributed by atoms with Gasteiger partial charge in [0.25, 0.3) is 0 Å². The van der Waals surface area contributed by atoms with E-state index in [0.717, 1.165) is 10.3 Å². The Hall–Kier alpha value is -1.31. The van der Waals surface area contributed by atoms with E-state index >= 15 is 0 Å². The lowest BCUT2D eigenvalue weighted by Gasteiger charge is -2.06. The molecular weight excluding hydrogens is 162 g/mol. The first-order valence-electron chi connectivity index (χ1n) is 4.46. The van der Waals surface area contributed by atoms with E-state index in [2.05, 4.69) is 0 Å². The summed E-state index contributed by atoms with van der Waals surface area (Å²) in [6.45, 7) is 5.77. The molecule has 1 rings (SSSR count). The van der Waals surface area contributed by atoms with E-state index in [4.69, 9.17) is 0 Å². The van der Waals surface area contributed by atoms with Crippen LogP contribution in [-0.4, -0.2) is 17.0 Å². The van der Waals surface area contributed by atoms with Gasteiger partial charge < -0.3 is 5.21 Å². The van der Waals surface area contributed by atoms with Gasteiger partial charge in [-0.3, -0.25) is 0 Å². The van der Waals surface area contributed by atoms with Gasteiger partial charge in [0.1, 0.15) is 0 Å². The molecule has 0 saturated carbocycles. The third kappa shape index (κ3) is 2.90. The van der Waals surface area contributed by atoms with Gasteiger partial charge in [-0.15, -0.1) is 0 Å². The Labute approximate surface area is 79.1 Å². The van der Waals surface area contributed by atoms with Gasteiger partial charge in [-0.25, -0.2) is 4.74 Å². The maximum Gasteiger partial charge on any atom is 0.182 e. The quantitative estimate of drug-likeness (QED) is 0.295. The largest absolute Gasteiger partial charge is 0.624 e. The second kappa shape index (κ2) is 4.08. The van der Waals surface area contributed by atoms with Crippen molar-refractivity contribution in [2.24, 2.45) is 0 Å². The molecule has 0 spiro atoms. The Morgan fingerprint density at radius 2 is 1.77 bits per heavy atom. The number of hydrogen-bond donors (Lipinski definition) is 0. The lowest BCUT2D eigenvalue weighted by Crippen LogP contribution is -2.14. The highest BCUT2D eigenvalue weighted by Crippen LogP contribution is 2.00. The zero-order valence-electron chi connectivity index (χ0n) is 8.32. The first-order chi connectivity index (χ1) is 6.09. The maximum atomic E-state index is 11.3. The van der Waals surface area contributed by atoms with Crippen LogP contribution in [0.1, 0.15) is 25.0 Å². The molecule has 0 aliphatic heterocycles. The van der Waals surface area contributed by atoms with Gasteiger partial charge in [0.15, 0.2) is 12.3 Å². The summed E-state index contributed by atoms with van der Waals surface area (Å²) in [4.78, 5) is 0. The molecule has 0 aromatic heterocycles. The fourth-order valence-electron chi connectivity index (χ4n) is 0.949. The summed E-state index contributed by atoms with van der Waals surface area (Å²) in [6, 6.07) is 7.90. The number of hydroxylamine groups is 1. The van der Waals surface area contributed by atoms with Gasteiger partial charge in [0, 0.05) is 5.56 Å². The fourth-order valence-corrected chi connectivity index (χ4v) is 0.949. The Kier molecular flexibility index (Phi) is 3.07. The van der Waals surface area contributed by atoms with E-state index in [1.165, 1.54) is 5.56 Å². The molecule has 13 heavy (non-hydrogen) atoms. The van der Waals surface area contributed by atoms with Crippen LogP contribution in [0, 0.1) is 12.1 Å². The molecule has 0 radical (unpaired) electrons. The average Bonchev–Trinajstić information content (AvgIpc) is 2.08. The zero-order chi connectivity index (χ0) is 9.84. The smallest absolute Gasteiger partial charge is 0.182 e. The van der Waals surface area contributed by atoms with Crippen molar-refractivity contribution in [3.05, 3.63) is 40.6 Å². The number of hydrogen-bond acceptors (Lipinski definition) is 1. The van der Waals surface area contributed by atoms with Gasteiger partial charge >= 0.3 is 0 Å². The molecule has 0 fully saturated rings. The highest BCUT2D eigenvalue weighted by molar-refractivity contribution is 5.75. The second-order valence-corrected chi connectivity index (χ2v) is 3.49. The normalized spacial score (nSPS) is 12.2. The van der Waals surface area contributed by atoms with Gasteiger partial charge in [0.05, 0.1) is 0 Å². The molecule has 0 saturated heterocycles. The highest BCUT2D eigenvalue weighted by atomic mass is 16.5. The predicted molar refractivity (Wildman–Crippen MR) is 55.1 cm³/mol. The van der Waals surface area contributed by atoms with Gasteiger partial charge in [-0.1, -0.05) is 17.7 Å². The van der Waals surface area contributed by atoms with E-state index in [1.54, 1.807) is 6.21 Å². The molecule has 2 nitrogen and oxygen atoms in total. The van der Waals surface area contributed by atoms with Crippen LogP contribution in [0.15, 0.2) is 24.3 Å². The van der Waals surface area contributed by atoms with Crippen molar-refractivity contribution in [3.63, 3.8) is 0 Å². The lowest BCUT2D eigenvalue weighted by molar-refractivity contribution is -0.487.